The van der Waals surface area contributed by atoms with Crippen molar-refractivity contribution >= 4 is 22.2 Å². The van der Waals surface area contributed by atoms with Gasteiger partial charge in [0.05, 0.1) is 9.80 Å². The second-order valence-corrected chi connectivity index (χ2v) is 6.29. The lowest BCUT2D eigenvalue weighted by Crippen LogP contribution is -2.49. The molecule has 0 spiro atoms. The normalized spacial score (nSPS) is 29.5. The Morgan fingerprint density at radius 2 is 2.00 bits per heavy atom. The predicted molar refractivity (Wildman–Crippen MR) is 71.2 cm³/mol. The minimum absolute atomic E-state index is 0.0180. The van der Waals surface area contributed by atoms with Gasteiger partial charge in [0.2, 0.25) is 0 Å². The third-order valence-electron chi connectivity index (χ3n) is 3.99. The van der Waals surface area contributed by atoms with E-state index in [1.54, 1.807) is 6.07 Å². The van der Waals surface area contributed by atoms with Crippen LogP contribution < -0.4 is 5.73 Å². The number of nitrogens with zero attached hydrogens (tertiary/aromatic N) is 2. The van der Waals surface area contributed by atoms with E-state index in [-0.39, 0.29) is 29.0 Å². The minimum atomic E-state index is -0.456. The van der Waals surface area contributed by atoms with Crippen LogP contribution in [0.3, 0.4) is 0 Å². The quantitative estimate of drug-likeness (QED) is 0.660. The van der Waals surface area contributed by atoms with Crippen LogP contribution in [0.4, 0.5) is 5.00 Å². The van der Waals surface area contributed by atoms with Gasteiger partial charge < -0.3 is 10.6 Å². The molecular formula is C12H15N3O3S. The van der Waals surface area contributed by atoms with Crippen LogP contribution in [0.25, 0.3) is 0 Å². The summed E-state index contributed by atoms with van der Waals surface area (Å²) in [6.45, 7) is 0. The van der Waals surface area contributed by atoms with Gasteiger partial charge in [-0.05, 0) is 31.7 Å². The van der Waals surface area contributed by atoms with Crippen LogP contribution in [0.15, 0.2) is 12.1 Å². The van der Waals surface area contributed by atoms with Crippen molar-refractivity contribution in [1.82, 2.24) is 4.90 Å². The Balaban J connectivity index is 1.82. The van der Waals surface area contributed by atoms with E-state index in [1.807, 2.05) is 4.90 Å². The van der Waals surface area contributed by atoms with Gasteiger partial charge in [-0.25, -0.2) is 0 Å². The van der Waals surface area contributed by atoms with Crippen LogP contribution in [-0.2, 0) is 0 Å². The van der Waals surface area contributed by atoms with Crippen molar-refractivity contribution in [3.05, 3.63) is 27.1 Å². The SMILES string of the molecule is NC1CC2CCC(C1)N2C(=O)c1ccc([N+](=O)[O-])s1. The van der Waals surface area contributed by atoms with Crippen LogP contribution >= 0.6 is 11.3 Å². The number of amides is 1. The Labute approximate surface area is 114 Å². The van der Waals surface area contributed by atoms with E-state index in [1.165, 1.54) is 6.07 Å². The van der Waals surface area contributed by atoms with Crippen LogP contribution in [0, 0.1) is 10.1 Å². The summed E-state index contributed by atoms with van der Waals surface area (Å²) in [6.07, 6.45) is 3.68. The molecule has 1 amide bonds. The van der Waals surface area contributed by atoms with Gasteiger partial charge in [-0.15, -0.1) is 0 Å². The van der Waals surface area contributed by atoms with Crippen molar-refractivity contribution in [3.8, 4) is 0 Å². The topological polar surface area (TPSA) is 89.5 Å². The molecule has 7 heteroatoms. The van der Waals surface area contributed by atoms with Gasteiger partial charge in [-0.1, -0.05) is 11.3 Å². The number of hydrogen-bond donors (Lipinski definition) is 1. The average Bonchev–Trinajstić information content (AvgIpc) is 2.93. The Morgan fingerprint density at radius 1 is 1.37 bits per heavy atom. The van der Waals surface area contributed by atoms with E-state index in [0.29, 0.717) is 4.88 Å². The number of nitro groups is 1. The molecule has 0 aliphatic carbocycles. The molecule has 0 radical (unpaired) electrons. The number of carbonyl (C=O) groups excluding carboxylic acids is 1. The number of rotatable bonds is 2. The third kappa shape index (κ3) is 2.12. The summed E-state index contributed by atoms with van der Waals surface area (Å²) in [5.74, 6) is -0.0718. The molecule has 2 fully saturated rings. The zero-order valence-corrected chi connectivity index (χ0v) is 11.1. The summed E-state index contributed by atoms with van der Waals surface area (Å²) in [7, 11) is 0. The molecule has 1 aromatic rings. The van der Waals surface area contributed by atoms with Gasteiger partial charge in [0.1, 0.15) is 0 Å². The lowest BCUT2D eigenvalue weighted by molar-refractivity contribution is -0.380. The Bertz CT molecular complexity index is 516. The van der Waals surface area contributed by atoms with Gasteiger partial charge in [0.15, 0.2) is 0 Å². The molecule has 2 bridgehead atoms. The summed E-state index contributed by atoms with van der Waals surface area (Å²) < 4.78 is 0. The van der Waals surface area contributed by atoms with E-state index in [0.717, 1.165) is 37.0 Å². The first kappa shape index (κ1) is 12.6. The lowest BCUT2D eigenvalue weighted by atomic mass is 9.98. The van der Waals surface area contributed by atoms with Crippen LogP contribution in [-0.4, -0.2) is 33.9 Å². The van der Waals surface area contributed by atoms with Crippen LogP contribution in [0.2, 0.25) is 0 Å². The molecule has 102 valence electrons. The minimum Gasteiger partial charge on any atom is -0.332 e. The number of piperidine rings is 1. The molecule has 2 unspecified atom stereocenters. The molecule has 2 saturated heterocycles. The number of nitrogens with two attached hydrogens (primary N) is 1. The monoisotopic (exact) mass is 281 g/mol. The number of thiophene rings is 1. The fourth-order valence-corrected chi connectivity index (χ4v) is 3.98. The number of hydrogen-bond acceptors (Lipinski definition) is 5. The number of carbonyl (C=O) groups is 1. The maximum absolute atomic E-state index is 12.5. The maximum atomic E-state index is 12.5. The summed E-state index contributed by atoms with van der Waals surface area (Å²) in [6, 6.07) is 3.55. The second kappa shape index (κ2) is 4.57. The maximum Gasteiger partial charge on any atom is 0.324 e. The first-order chi connectivity index (χ1) is 9.06. The molecule has 2 N–H and O–H groups in total. The van der Waals surface area contributed by atoms with E-state index in [2.05, 4.69) is 0 Å². The number of fused-ring (bicyclic) bond motifs is 2. The van der Waals surface area contributed by atoms with E-state index in [4.69, 9.17) is 5.73 Å². The fourth-order valence-electron chi connectivity index (χ4n) is 3.22. The standard InChI is InChI=1S/C12H15N3O3S/c13-7-5-8-1-2-9(6-7)14(8)12(16)10-3-4-11(19-10)15(17)18/h3-4,7-9H,1-2,5-6,13H2. The van der Waals surface area contributed by atoms with Gasteiger partial charge >= 0.3 is 5.00 Å². The van der Waals surface area contributed by atoms with E-state index < -0.39 is 4.92 Å². The summed E-state index contributed by atoms with van der Waals surface area (Å²) in [5, 5.41) is 10.7. The Kier molecular flexibility index (Phi) is 3.02. The highest BCUT2D eigenvalue weighted by Gasteiger charge is 2.42. The molecular weight excluding hydrogens is 266 g/mol. The first-order valence-electron chi connectivity index (χ1n) is 6.38. The largest absolute Gasteiger partial charge is 0.332 e. The Hall–Kier alpha value is -1.47. The molecule has 2 aliphatic heterocycles. The molecule has 1 aromatic heterocycles. The Morgan fingerprint density at radius 3 is 2.53 bits per heavy atom. The van der Waals surface area contributed by atoms with E-state index >= 15 is 0 Å². The highest BCUT2D eigenvalue weighted by atomic mass is 32.1. The lowest BCUT2D eigenvalue weighted by Gasteiger charge is -2.37. The highest BCUT2D eigenvalue weighted by Crippen LogP contribution is 2.37. The summed E-state index contributed by atoms with van der Waals surface area (Å²) in [5.41, 5.74) is 5.98. The first-order valence-corrected chi connectivity index (χ1v) is 7.20. The summed E-state index contributed by atoms with van der Waals surface area (Å²) in [4.78, 5) is 25.1. The van der Waals surface area contributed by atoms with Crippen molar-refractivity contribution in [3.63, 3.8) is 0 Å². The highest BCUT2D eigenvalue weighted by molar-refractivity contribution is 7.17. The zero-order valence-electron chi connectivity index (χ0n) is 10.3. The van der Waals surface area contributed by atoms with Crippen LogP contribution in [0.5, 0.6) is 0 Å². The average molecular weight is 281 g/mol. The molecule has 19 heavy (non-hydrogen) atoms. The van der Waals surface area contributed by atoms with Crippen molar-refractivity contribution in [2.45, 2.75) is 43.8 Å². The third-order valence-corrected chi connectivity index (χ3v) is 5.01. The molecule has 2 atom stereocenters. The predicted octanol–water partition coefficient (Wildman–Crippen LogP) is 1.75. The second-order valence-electron chi connectivity index (χ2n) is 5.22. The molecule has 0 aromatic carbocycles. The van der Waals surface area contributed by atoms with Gasteiger partial charge in [0.25, 0.3) is 5.91 Å². The van der Waals surface area contributed by atoms with Crippen LogP contribution in [0.1, 0.15) is 35.4 Å². The van der Waals surface area contributed by atoms with Crippen molar-refractivity contribution in [2.75, 3.05) is 0 Å². The molecule has 3 rings (SSSR count). The molecule has 6 nitrogen and oxygen atoms in total. The molecule has 2 aliphatic rings. The van der Waals surface area contributed by atoms with Crippen molar-refractivity contribution in [2.24, 2.45) is 5.73 Å². The smallest absolute Gasteiger partial charge is 0.324 e. The fraction of sp³-hybridized carbons (Fsp3) is 0.583. The molecule has 3 heterocycles. The zero-order chi connectivity index (χ0) is 13.6. The van der Waals surface area contributed by atoms with Crippen molar-refractivity contribution in [1.29, 1.82) is 0 Å². The van der Waals surface area contributed by atoms with Gasteiger partial charge in [-0.3, -0.25) is 14.9 Å². The summed E-state index contributed by atoms with van der Waals surface area (Å²) >= 11 is 0.954. The van der Waals surface area contributed by atoms with Gasteiger partial charge in [0, 0.05) is 24.2 Å². The van der Waals surface area contributed by atoms with Gasteiger partial charge in [-0.2, -0.15) is 0 Å². The molecule has 0 saturated carbocycles. The van der Waals surface area contributed by atoms with Crippen molar-refractivity contribution < 1.29 is 9.72 Å². The van der Waals surface area contributed by atoms with E-state index in [9.17, 15) is 14.9 Å².